The third-order valence-electron chi connectivity index (χ3n) is 3.50. The van der Waals surface area contributed by atoms with Crippen LogP contribution in [0.4, 0.5) is 0 Å². The van der Waals surface area contributed by atoms with Gasteiger partial charge in [0.1, 0.15) is 0 Å². The van der Waals surface area contributed by atoms with Crippen molar-refractivity contribution in [2.24, 2.45) is 0 Å². The van der Waals surface area contributed by atoms with Gasteiger partial charge in [-0.15, -0.1) is 0 Å². The van der Waals surface area contributed by atoms with Gasteiger partial charge in [-0.1, -0.05) is 0 Å². The summed E-state index contributed by atoms with van der Waals surface area (Å²) in [5.74, 6) is 0. The van der Waals surface area contributed by atoms with Crippen LogP contribution in [0, 0.1) is 4.77 Å². The number of nitrogens with one attached hydrogen (secondary N) is 2. The molecular weight excluding hydrogens is 276 g/mol. The highest BCUT2D eigenvalue weighted by Crippen LogP contribution is 2.19. The third-order valence-corrected chi connectivity index (χ3v) is 3.70. The van der Waals surface area contributed by atoms with E-state index in [1.165, 1.54) is 9.13 Å². The molecule has 0 aliphatic carbocycles. The van der Waals surface area contributed by atoms with Crippen molar-refractivity contribution in [1.82, 2.24) is 19.1 Å². The van der Waals surface area contributed by atoms with Crippen molar-refractivity contribution in [2.75, 3.05) is 0 Å². The fourth-order valence-electron chi connectivity index (χ4n) is 2.57. The van der Waals surface area contributed by atoms with Crippen LogP contribution in [0.1, 0.15) is 13.8 Å². The van der Waals surface area contributed by atoms with Gasteiger partial charge in [-0.05, 0) is 38.2 Å². The van der Waals surface area contributed by atoms with Crippen LogP contribution >= 0.6 is 12.2 Å². The van der Waals surface area contributed by atoms with E-state index in [1.54, 1.807) is 0 Å². The number of benzene rings is 1. The Morgan fingerprint density at radius 2 is 1.35 bits per heavy atom. The molecule has 7 heteroatoms. The summed E-state index contributed by atoms with van der Waals surface area (Å²) in [6, 6.07) is 3.71. The molecule has 1 aromatic carbocycles. The predicted molar refractivity (Wildman–Crippen MR) is 80.9 cm³/mol. The molecule has 6 nitrogen and oxygen atoms in total. The van der Waals surface area contributed by atoms with Crippen molar-refractivity contribution < 1.29 is 0 Å². The number of imidazole rings is 1. The number of nitrogens with zero attached hydrogens (tertiary/aromatic N) is 2. The monoisotopic (exact) mass is 290 g/mol. The molecule has 0 unspecified atom stereocenters. The maximum atomic E-state index is 12.1. The van der Waals surface area contributed by atoms with Crippen LogP contribution < -0.4 is 11.1 Å². The van der Waals surface area contributed by atoms with E-state index >= 15 is 0 Å². The maximum absolute atomic E-state index is 12.1. The first-order valence-corrected chi connectivity index (χ1v) is 6.87. The summed E-state index contributed by atoms with van der Waals surface area (Å²) in [5, 5.41) is 0. The van der Waals surface area contributed by atoms with Gasteiger partial charge in [-0.3, -0.25) is 9.59 Å². The lowest BCUT2D eigenvalue weighted by Crippen LogP contribution is -2.41. The molecule has 2 N–H and O–H groups in total. The molecule has 0 spiro atoms. The Balaban J connectivity index is 2.65. The second-order valence-electron chi connectivity index (χ2n) is 4.56. The van der Waals surface area contributed by atoms with E-state index in [0.717, 1.165) is 22.1 Å². The predicted octanol–water partition coefficient (Wildman–Crippen LogP) is 1.74. The van der Waals surface area contributed by atoms with E-state index in [4.69, 9.17) is 12.2 Å². The summed E-state index contributed by atoms with van der Waals surface area (Å²) in [6.45, 7) is 4.60. The number of rotatable bonds is 2. The molecular formula is C13H14N4O2S. The van der Waals surface area contributed by atoms with Crippen LogP contribution in [0.5, 0.6) is 0 Å². The van der Waals surface area contributed by atoms with Gasteiger partial charge >= 0.3 is 11.1 Å². The number of aromatic nitrogens is 4. The zero-order valence-electron chi connectivity index (χ0n) is 11.2. The summed E-state index contributed by atoms with van der Waals surface area (Å²) < 4.78 is 3.51. The van der Waals surface area contributed by atoms with E-state index in [2.05, 4.69) is 9.97 Å². The lowest BCUT2D eigenvalue weighted by atomic mass is 10.2. The van der Waals surface area contributed by atoms with Gasteiger partial charge in [0, 0.05) is 13.1 Å². The number of hydrogen-bond donors (Lipinski definition) is 2. The molecule has 0 atom stereocenters. The summed E-state index contributed by atoms with van der Waals surface area (Å²) in [5.41, 5.74) is 2.13. The number of hydrogen-bond acceptors (Lipinski definition) is 3. The first kappa shape index (κ1) is 12.9. The summed E-state index contributed by atoms with van der Waals surface area (Å²) in [4.78, 5) is 30.3. The summed E-state index contributed by atoms with van der Waals surface area (Å²) in [7, 11) is 0. The van der Waals surface area contributed by atoms with Crippen LogP contribution in [0.25, 0.3) is 22.1 Å². The van der Waals surface area contributed by atoms with Crippen LogP contribution in [0.3, 0.4) is 0 Å². The number of fused-ring (bicyclic) bond motifs is 2. The maximum Gasteiger partial charge on any atom is 0.316 e. The number of aromatic amines is 2. The molecule has 0 amide bonds. The average molecular weight is 290 g/mol. The molecule has 0 saturated carbocycles. The molecule has 104 valence electrons. The smallest absolute Gasteiger partial charge is 0.316 e. The highest BCUT2D eigenvalue weighted by atomic mass is 32.1. The van der Waals surface area contributed by atoms with Crippen LogP contribution in [-0.2, 0) is 13.1 Å². The Hall–Kier alpha value is -2.15. The van der Waals surface area contributed by atoms with Gasteiger partial charge < -0.3 is 19.1 Å². The molecule has 3 aromatic rings. The largest absolute Gasteiger partial charge is 0.331 e. The summed E-state index contributed by atoms with van der Waals surface area (Å²) in [6.07, 6.45) is 0. The SMILES string of the molecule is CCn1c(=O)c(=O)n(CC)c2cc3[nH]c(=S)[nH]c3cc21. The normalized spacial score (nSPS) is 11.5. The van der Waals surface area contributed by atoms with Gasteiger partial charge in [-0.25, -0.2) is 0 Å². The van der Waals surface area contributed by atoms with E-state index in [0.29, 0.717) is 17.9 Å². The lowest BCUT2D eigenvalue weighted by molar-refractivity contribution is 0.683. The van der Waals surface area contributed by atoms with E-state index in [1.807, 2.05) is 26.0 Å². The molecule has 0 saturated heterocycles. The van der Waals surface area contributed by atoms with Gasteiger partial charge in [0.05, 0.1) is 22.1 Å². The highest BCUT2D eigenvalue weighted by molar-refractivity contribution is 7.71. The fraction of sp³-hybridized carbons (Fsp3) is 0.308. The van der Waals surface area contributed by atoms with Crippen LogP contribution in [0.2, 0.25) is 0 Å². The van der Waals surface area contributed by atoms with Gasteiger partial charge in [-0.2, -0.15) is 0 Å². The topological polar surface area (TPSA) is 75.6 Å². The first-order chi connectivity index (χ1) is 9.56. The quantitative estimate of drug-likeness (QED) is 0.557. The molecule has 0 radical (unpaired) electrons. The van der Waals surface area contributed by atoms with Gasteiger partial charge in [0.25, 0.3) is 0 Å². The zero-order chi connectivity index (χ0) is 14.4. The minimum atomic E-state index is -0.490. The van der Waals surface area contributed by atoms with Crippen molar-refractivity contribution in [1.29, 1.82) is 0 Å². The summed E-state index contributed by atoms with van der Waals surface area (Å²) >= 11 is 5.08. The minimum absolute atomic E-state index is 0.450. The fourth-order valence-corrected chi connectivity index (χ4v) is 2.79. The number of H-pyrrole nitrogens is 2. The molecule has 2 heterocycles. The highest BCUT2D eigenvalue weighted by Gasteiger charge is 2.12. The Bertz CT molecular complexity index is 912. The molecule has 20 heavy (non-hydrogen) atoms. The Morgan fingerprint density at radius 3 is 1.70 bits per heavy atom. The standard InChI is InChI=1S/C13H14N4O2S/c1-3-16-9-5-7-8(15-13(20)14-7)6-10(9)17(4-2)12(19)11(16)18/h5-6H,3-4H2,1-2H3,(H2,14,15,20). The van der Waals surface area contributed by atoms with Crippen molar-refractivity contribution in [3.8, 4) is 0 Å². The van der Waals surface area contributed by atoms with Crippen molar-refractivity contribution >= 4 is 34.3 Å². The third kappa shape index (κ3) is 1.66. The van der Waals surface area contributed by atoms with E-state index in [9.17, 15) is 9.59 Å². The number of aryl methyl sites for hydroxylation is 2. The molecule has 2 aromatic heterocycles. The second-order valence-corrected chi connectivity index (χ2v) is 4.97. The minimum Gasteiger partial charge on any atom is -0.331 e. The molecule has 0 fully saturated rings. The lowest BCUT2D eigenvalue weighted by Gasteiger charge is -2.12. The zero-order valence-corrected chi connectivity index (χ0v) is 12.0. The molecule has 0 aliphatic heterocycles. The Labute approximate surface area is 118 Å². The van der Waals surface area contributed by atoms with Crippen molar-refractivity contribution in [3.05, 3.63) is 37.6 Å². The molecule has 0 aliphatic rings. The van der Waals surface area contributed by atoms with E-state index in [-0.39, 0.29) is 0 Å². The molecule has 0 bridgehead atoms. The van der Waals surface area contributed by atoms with Crippen molar-refractivity contribution in [3.63, 3.8) is 0 Å². The molecule has 3 rings (SSSR count). The van der Waals surface area contributed by atoms with Crippen molar-refractivity contribution in [2.45, 2.75) is 26.9 Å². The van der Waals surface area contributed by atoms with E-state index < -0.39 is 11.1 Å². The average Bonchev–Trinajstić information content (AvgIpc) is 2.78. The van der Waals surface area contributed by atoms with Gasteiger partial charge in [0.15, 0.2) is 4.77 Å². The Kier molecular flexibility index (Phi) is 2.86. The van der Waals surface area contributed by atoms with Gasteiger partial charge in [0.2, 0.25) is 0 Å². The second kappa shape index (κ2) is 4.45. The first-order valence-electron chi connectivity index (χ1n) is 6.46. The van der Waals surface area contributed by atoms with Crippen LogP contribution in [0.15, 0.2) is 21.7 Å². The Morgan fingerprint density at radius 1 is 0.950 bits per heavy atom. The van der Waals surface area contributed by atoms with Crippen LogP contribution in [-0.4, -0.2) is 19.1 Å².